The number of benzene rings is 1. The molecule has 5 heteroatoms. The number of ether oxygens (including phenoxy) is 1. The molecule has 0 saturated carbocycles. The van der Waals surface area contributed by atoms with Crippen molar-refractivity contribution in [1.82, 2.24) is 4.90 Å². The highest BCUT2D eigenvalue weighted by molar-refractivity contribution is 5.71. The number of aliphatic hydroxyl groups is 1. The summed E-state index contributed by atoms with van der Waals surface area (Å²) in [4.78, 5) is 16.6. The zero-order valence-corrected chi connectivity index (χ0v) is 15.4. The highest BCUT2D eigenvalue weighted by Gasteiger charge is 2.46. The third-order valence-corrected chi connectivity index (χ3v) is 5.62. The molecule has 4 rings (SSSR count). The lowest BCUT2D eigenvalue weighted by atomic mass is 9.88. The summed E-state index contributed by atoms with van der Waals surface area (Å²) >= 11 is 0. The van der Waals surface area contributed by atoms with Gasteiger partial charge in [-0.05, 0) is 57.6 Å². The summed E-state index contributed by atoms with van der Waals surface area (Å²) < 4.78 is 5.57. The summed E-state index contributed by atoms with van der Waals surface area (Å²) in [7, 11) is 0. The van der Waals surface area contributed by atoms with E-state index in [0.29, 0.717) is 13.1 Å². The lowest BCUT2D eigenvalue weighted by Crippen LogP contribution is -2.51. The van der Waals surface area contributed by atoms with Crippen LogP contribution in [0.5, 0.6) is 0 Å². The minimum atomic E-state index is -0.474. The number of aryl methyl sites for hydroxylation is 1. The van der Waals surface area contributed by atoms with E-state index in [1.165, 1.54) is 16.8 Å². The van der Waals surface area contributed by atoms with Gasteiger partial charge in [-0.2, -0.15) is 0 Å². The molecule has 3 heterocycles. The van der Waals surface area contributed by atoms with Crippen molar-refractivity contribution in [2.45, 2.75) is 70.2 Å². The van der Waals surface area contributed by atoms with Gasteiger partial charge in [-0.25, -0.2) is 4.79 Å². The van der Waals surface area contributed by atoms with E-state index in [1.807, 2.05) is 25.7 Å². The van der Waals surface area contributed by atoms with Gasteiger partial charge in [0.25, 0.3) is 0 Å². The van der Waals surface area contributed by atoms with Gasteiger partial charge >= 0.3 is 6.09 Å². The largest absolute Gasteiger partial charge is 0.444 e. The average Bonchev–Trinajstić information content (AvgIpc) is 2.77. The van der Waals surface area contributed by atoms with Gasteiger partial charge in [-0.1, -0.05) is 18.2 Å². The predicted octanol–water partition coefficient (Wildman–Crippen LogP) is 3.25. The molecule has 1 saturated heterocycles. The number of hydrogen-bond donors (Lipinski definition) is 1. The lowest BCUT2D eigenvalue weighted by Gasteiger charge is -2.40. The van der Waals surface area contributed by atoms with Gasteiger partial charge in [0.15, 0.2) is 0 Å². The third kappa shape index (κ3) is 2.88. The first-order valence-electron chi connectivity index (χ1n) is 9.41. The van der Waals surface area contributed by atoms with Crippen molar-refractivity contribution in [3.05, 3.63) is 29.3 Å². The molecule has 0 aliphatic carbocycles. The molecular weight excluding hydrogens is 316 g/mol. The van der Waals surface area contributed by atoms with Crippen LogP contribution in [0, 0.1) is 0 Å². The van der Waals surface area contributed by atoms with Crippen LogP contribution in [0.25, 0.3) is 0 Å². The van der Waals surface area contributed by atoms with E-state index in [-0.39, 0.29) is 18.1 Å². The first kappa shape index (κ1) is 16.7. The van der Waals surface area contributed by atoms with Crippen LogP contribution in [-0.4, -0.2) is 47.1 Å². The molecule has 3 aliphatic heterocycles. The lowest BCUT2D eigenvalue weighted by molar-refractivity contribution is 0.0178. The van der Waals surface area contributed by atoms with Gasteiger partial charge in [0, 0.05) is 30.7 Å². The fourth-order valence-corrected chi connectivity index (χ4v) is 4.65. The van der Waals surface area contributed by atoms with Crippen molar-refractivity contribution < 1.29 is 14.6 Å². The molecule has 0 aromatic heterocycles. The maximum Gasteiger partial charge on any atom is 0.410 e. The van der Waals surface area contributed by atoms with Crippen molar-refractivity contribution >= 4 is 11.8 Å². The molecule has 3 aliphatic rings. The SMILES string of the molecule is CC(C)(C)OC(=O)N1CCC2C(C1)c1cccc3c1N2C(O)CCC3. The fraction of sp³-hybridized carbons (Fsp3) is 0.650. The standard InChI is InChI=1S/C20H28N2O3/c1-20(2,3)25-19(24)21-11-10-16-15(12-21)14-8-4-6-13-7-5-9-17(23)22(16)18(13)14/h4,6,8,15-17,23H,5,7,9-12H2,1-3H3. The Kier molecular flexibility index (Phi) is 3.95. The van der Waals surface area contributed by atoms with Gasteiger partial charge in [0.1, 0.15) is 11.8 Å². The zero-order chi connectivity index (χ0) is 17.8. The minimum absolute atomic E-state index is 0.227. The summed E-state index contributed by atoms with van der Waals surface area (Å²) in [6.07, 6.45) is 3.09. The van der Waals surface area contributed by atoms with Gasteiger partial charge in [-0.15, -0.1) is 0 Å². The number of hydrogen-bond acceptors (Lipinski definition) is 4. The number of amides is 1. The van der Waals surface area contributed by atoms with Crippen LogP contribution < -0.4 is 4.90 Å². The molecule has 25 heavy (non-hydrogen) atoms. The Morgan fingerprint density at radius 2 is 2.08 bits per heavy atom. The fourth-order valence-electron chi connectivity index (χ4n) is 4.65. The molecule has 0 radical (unpaired) electrons. The first-order valence-corrected chi connectivity index (χ1v) is 9.41. The van der Waals surface area contributed by atoms with Crippen molar-refractivity contribution in [3.63, 3.8) is 0 Å². The van der Waals surface area contributed by atoms with E-state index in [0.717, 1.165) is 25.7 Å². The van der Waals surface area contributed by atoms with Gasteiger partial charge in [0.2, 0.25) is 0 Å². The quantitative estimate of drug-likeness (QED) is 0.785. The van der Waals surface area contributed by atoms with E-state index >= 15 is 0 Å². The maximum atomic E-state index is 12.5. The maximum absolute atomic E-state index is 12.5. The van der Waals surface area contributed by atoms with E-state index in [9.17, 15) is 9.90 Å². The zero-order valence-electron chi connectivity index (χ0n) is 15.4. The number of likely N-dealkylation sites (tertiary alicyclic amines) is 1. The molecule has 1 aromatic carbocycles. The van der Waals surface area contributed by atoms with E-state index in [2.05, 4.69) is 23.1 Å². The Bertz CT molecular complexity index is 682. The minimum Gasteiger partial charge on any atom is -0.444 e. The normalized spacial score (nSPS) is 28.2. The van der Waals surface area contributed by atoms with Crippen molar-refractivity contribution in [1.29, 1.82) is 0 Å². The number of carbonyl (C=O) groups is 1. The molecule has 3 unspecified atom stereocenters. The second kappa shape index (κ2) is 5.90. The van der Waals surface area contributed by atoms with Gasteiger partial charge in [-0.3, -0.25) is 0 Å². The smallest absolute Gasteiger partial charge is 0.410 e. The van der Waals surface area contributed by atoms with Crippen LogP contribution in [0.15, 0.2) is 18.2 Å². The number of anilines is 1. The highest BCUT2D eigenvalue weighted by atomic mass is 16.6. The summed E-state index contributed by atoms with van der Waals surface area (Å²) in [5.41, 5.74) is 3.38. The van der Waals surface area contributed by atoms with Crippen LogP contribution >= 0.6 is 0 Å². The van der Waals surface area contributed by atoms with Crippen molar-refractivity contribution in [2.75, 3.05) is 18.0 Å². The predicted molar refractivity (Wildman–Crippen MR) is 96.8 cm³/mol. The Morgan fingerprint density at radius 1 is 1.28 bits per heavy atom. The van der Waals surface area contributed by atoms with E-state index in [4.69, 9.17) is 4.74 Å². The molecule has 0 bridgehead atoms. The molecule has 1 aromatic rings. The van der Waals surface area contributed by atoms with Crippen molar-refractivity contribution in [2.24, 2.45) is 0 Å². The van der Waals surface area contributed by atoms with Crippen LogP contribution in [0.1, 0.15) is 57.1 Å². The molecule has 136 valence electrons. The first-order chi connectivity index (χ1) is 11.8. The second-order valence-corrected chi connectivity index (χ2v) is 8.52. The molecule has 3 atom stereocenters. The van der Waals surface area contributed by atoms with Crippen LogP contribution in [0.2, 0.25) is 0 Å². The van der Waals surface area contributed by atoms with Crippen LogP contribution in [0.3, 0.4) is 0 Å². The molecule has 0 spiro atoms. The second-order valence-electron chi connectivity index (χ2n) is 8.52. The van der Waals surface area contributed by atoms with Gasteiger partial charge in [0.05, 0.1) is 0 Å². The number of carbonyl (C=O) groups excluding carboxylic acids is 1. The summed E-state index contributed by atoms with van der Waals surface area (Å²) in [5.74, 6) is 0.254. The number of para-hydroxylation sites is 1. The Hall–Kier alpha value is -1.75. The summed E-state index contributed by atoms with van der Waals surface area (Å²) in [6.45, 7) is 7.05. The molecule has 5 nitrogen and oxygen atoms in total. The average molecular weight is 344 g/mol. The summed E-state index contributed by atoms with van der Waals surface area (Å²) in [6, 6.07) is 6.77. The van der Waals surface area contributed by atoms with Crippen LogP contribution in [0.4, 0.5) is 10.5 Å². The summed E-state index contributed by atoms with van der Waals surface area (Å²) in [5, 5.41) is 10.7. The van der Waals surface area contributed by atoms with E-state index < -0.39 is 11.8 Å². The topological polar surface area (TPSA) is 53.0 Å². The molecular formula is C20H28N2O3. The number of rotatable bonds is 0. The Labute approximate surface area is 149 Å². The van der Waals surface area contributed by atoms with E-state index in [1.54, 1.807) is 0 Å². The highest BCUT2D eigenvalue weighted by Crippen LogP contribution is 2.49. The molecule has 1 fully saturated rings. The van der Waals surface area contributed by atoms with Crippen LogP contribution in [-0.2, 0) is 11.2 Å². The molecule has 1 amide bonds. The number of nitrogens with zero attached hydrogens (tertiary/aromatic N) is 2. The number of fused-ring (bicyclic) bond motifs is 3. The number of aliphatic hydroxyl groups excluding tert-OH is 1. The Morgan fingerprint density at radius 3 is 2.84 bits per heavy atom. The Balaban J connectivity index is 1.63. The third-order valence-electron chi connectivity index (χ3n) is 5.62. The van der Waals surface area contributed by atoms with Crippen molar-refractivity contribution in [3.8, 4) is 0 Å². The molecule has 1 N–H and O–H groups in total. The monoisotopic (exact) mass is 344 g/mol. The number of piperidine rings is 1. The van der Waals surface area contributed by atoms with Gasteiger partial charge < -0.3 is 19.6 Å².